The lowest BCUT2D eigenvalue weighted by molar-refractivity contribution is -0.143. The van der Waals surface area contributed by atoms with Crippen molar-refractivity contribution in [2.24, 2.45) is 0 Å². The third-order valence-electron chi connectivity index (χ3n) is 7.37. The molecule has 0 spiro atoms. The Hall–Kier alpha value is -4.21. The summed E-state index contributed by atoms with van der Waals surface area (Å²) in [7, 11) is -4.28. The van der Waals surface area contributed by atoms with Crippen LogP contribution in [0.5, 0.6) is 0 Å². The van der Waals surface area contributed by atoms with Crippen LogP contribution in [0.1, 0.15) is 34.0 Å². The normalized spacial score (nSPS) is 18.7. The van der Waals surface area contributed by atoms with Crippen LogP contribution >= 0.6 is 0 Å². The van der Waals surface area contributed by atoms with Gasteiger partial charge < -0.3 is 14.8 Å². The maximum atomic E-state index is 14.1. The number of rotatable bonds is 10. The number of carbonyl (C=O) groups is 2. The van der Waals surface area contributed by atoms with Gasteiger partial charge in [-0.2, -0.15) is 4.31 Å². The van der Waals surface area contributed by atoms with E-state index < -0.39 is 33.4 Å². The van der Waals surface area contributed by atoms with Gasteiger partial charge in [-0.05, 0) is 54.3 Å². The van der Waals surface area contributed by atoms with E-state index in [-0.39, 0.29) is 30.1 Å². The van der Waals surface area contributed by atoms with Gasteiger partial charge in [-0.3, -0.25) is 4.79 Å². The van der Waals surface area contributed by atoms with Crippen LogP contribution in [0.4, 0.5) is 0 Å². The summed E-state index contributed by atoms with van der Waals surface area (Å²) in [4.78, 5) is 24.4. The molecule has 0 saturated heterocycles. The number of sulfonamides is 1. The topological polar surface area (TPSA) is 117 Å². The van der Waals surface area contributed by atoms with Crippen molar-refractivity contribution in [3.63, 3.8) is 0 Å². The van der Waals surface area contributed by atoms with Crippen LogP contribution in [-0.4, -0.2) is 51.5 Å². The molecule has 5 rings (SSSR count). The van der Waals surface area contributed by atoms with Crippen LogP contribution in [-0.2, 0) is 21.4 Å². The Morgan fingerprint density at radius 2 is 1.51 bits per heavy atom. The number of nitrogens with zero attached hydrogens (tertiary/aromatic N) is 2. The molecule has 0 radical (unpaired) electrons. The number of benzene rings is 3. The first-order valence-corrected chi connectivity index (χ1v) is 14.0. The zero-order valence-corrected chi connectivity index (χ0v) is 22.1. The lowest BCUT2D eigenvalue weighted by Crippen LogP contribution is -2.49. The van der Waals surface area contributed by atoms with Crippen molar-refractivity contribution in [3.8, 4) is 11.1 Å². The fraction of sp³-hybridized carbons (Fsp3) is 0.200. The molecule has 1 saturated carbocycles. The minimum absolute atomic E-state index is 0.00502. The monoisotopic (exact) mass is 544 g/mol. The Morgan fingerprint density at radius 3 is 2.10 bits per heavy atom. The highest BCUT2D eigenvalue weighted by molar-refractivity contribution is 7.89. The number of hydrogen-bond acceptors (Lipinski definition) is 4. The summed E-state index contributed by atoms with van der Waals surface area (Å²) >= 11 is 0. The SMILES string of the molecule is Cc1ccc(-c2ccc(S(=O)(=O)N(CCn3cccc3C(=O)O)C3(C(=O)O)CC3c3ccccc3)cc2)cc1. The fourth-order valence-corrected chi connectivity index (χ4v) is 6.94. The summed E-state index contributed by atoms with van der Waals surface area (Å²) in [5, 5.41) is 19.9. The molecule has 1 aliphatic carbocycles. The van der Waals surface area contributed by atoms with Crippen molar-refractivity contribution in [3.05, 3.63) is 114 Å². The summed E-state index contributed by atoms with van der Waals surface area (Å²) < 4.78 is 30.7. The van der Waals surface area contributed by atoms with E-state index in [2.05, 4.69) is 0 Å². The largest absolute Gasteiger partial charge is 0.480 e. The summed E-state index contributed by atoms with van der Waals surface area (Å²) in [5.74, 6) is -2.92. The molecule has 0 bridgehead atoms. The van der Waals surface area contributed by atoms with E-state index >= 15 is 0 Å². The molecule has 1 heterocycles. The van der Waals surface area contributed by atoms with Gasteiger partial charge in [-0.25, -0.2) is 13.2 Å². The minimum Gasteiger partial charge on any atom is -0.480 e. The van der Waals surface area contributed by atoms with Crippen LogP contribution in [0, 0.1) is 6.92 Å². The molecule has 0 aliphatic heterocycles. The fourth-order valence-electron chi connectivity index (χ4n) is 5.18. The average Bonchev–Trinajstić information content (AvgIpc) is 3.50. The number of hydrogen-bond donors (Lipinski definition) is 2. The van der Waals surface area contributed by atoms with E-state index in [1.807, 2.05) is 37.3 Å². The van der Waals surface area contributed by atoms with Crippen molar-refractivity contribution < 1.29 is 28.2 Å². The Labute approximate surface area is 226 Å². The molecule has 1 aromatic heterocycles. The van der Waals surface area contributed by atoms with Gasteiger partial charge in [-0.15, -0.1) is 0 Å². The Bertz CT molecular complexity index is 1610. The number of carboxylic acid groups (broad SMARTS) is 2. The van der Waals surface area contributed by atoms with Gasteiger partial charge in [0.1, 0.15) is 11.2 Å². The van der Waals surface area contributed by atoms with Crippen LogP contribution in [0.15, 0.2) is 102 Å². The van der Waals surface area contributed by atoms with E-state index in [1.165, 1.54) is 22.8 Å². The highest BCUT2D eigenvalue weighted by Gasteiger charge is 2.67. The van der Waals surface area contributed by atoms with Crippen LogP contribution in [0.3, 0.4) is 0 Å². The summed E-state index contributed by atoms with van der Waals surface area (Å²) in [6.07, 6.45) is 1.66. The summed E-state index contributed by atoms with van der Waals surface area (Å²) in [6, 6.07) is 26.2. The highest BCUT2D eigenvalue weighted by Crippen LogP contribution is 2.57. The third-order valence-corrected chi connectivity index (χ3v) is 9.33. The van der Waals surface area contributed by atoms with Gasteiger partial charge in [-0.1, -0.05) is 72.3 Å². The van der Waals surface area contributed by atoms with Gasteiger partial charge >= 0.3 is 11.9 Å². The van der Waals surface area contributed by atoms with Gasteiger partial charge in [0.05, 0.1) is 4.90 Å². The van der Waals surface area contributed by atoms with Crippen molar-refractivity contribution in [2.45, 2.75) is 36.2 Å². The van der Waals surface area contributed by atoms with Crippen molar-refractivity contribution >= 4 is 22.0 Å². The highest BCUT2D eigenvalue weighted by atomic mass is 32.2. The van der Waals surface area contributed by atoms with E-state index in [4.69, 9.17) is 0 Å². The van der Waals surface area contributed by atoms with Gasteiger partial charge in [0.2, 0.25) is 10.0 Å². The first kappa shape index (κ1) is 26.4. The minimum atomic E-state index is -4.28. The predicted molar refractivity (Wildman–Crippen MR) is 146 cm³/mol. The quantitative estimate of drug-likeness (QED) is 0.294. The predicted octanol–water partition coefficient (Wildman–Crippen LogP) is 4.86. The first-order chi connectivity index (χ1) is 18.6. The van der Waals surface area contributed by atoms with E-state index in [1.54, 1.807) is 48.7 Å². The summed E-state index contributed by atoms with van der Waals surface area (Å²) in [6.45, 7) is 1.75. The molecule has 2 atom stereocenters. The number of carboxylic acids is 2. The number of aromatic nitrogens is 1. The molecule has 0 amide bonds. The molecule has 8 nitrogen and oxygen atoms in total. The van der Waals surface area contributed by atoms with Gasteiger partial charge in [0, 0.05) is 25.2 Å². The van der Waals surface area contributed by atoms with E-state index in [9.17, 15) is 28.2 Å². The molecule has 9 heteroatoms. The van der Waals surface area contributed by atoms with Crippen LogP contribution in [0.25, 0.3) is 11.1 Å². The molecule has 4 aromatic rings. The molecule has 2 unspecified atom stereocenters. The average molecular weight is 545 g/mol. The maximum Gasteiger partial charge on any atom is 0.352 e. The molecule has 1 aliphatic rings. The molecule has 39 heavy (non-hydrogen) atoms. The smallest absolute Gasteiger partial charge is 0.352 e. The molecule has 1 fully saturated rings. The third kappa shape index (κ3) is 4.86. The van der Waals surface area contributed by atoms with Crippen LogP contribution in [0.2, 0.25) is 0 Å². The first-order valence-electron chi connectivity index (χ1n) is 12.5. The molecular formula is C30H28N2O6S. The van der Waals surface area contributed by atoms with E-state index in [0.717, 1.165) is 26.6 Å². The second-order valence-corrected chi connectivity index (χ2v) is 11.6. The second kappa shape index (κ2) is 10.2. The van der Waals surface area contributed by atoms with Crippen molar-refractivity contribution in [2.75, 3.05) is 6.54 Å². The standard InChI is InChI=1S/C30H28N2O6S/c1-21-9-11-22(12-10-21)23-13-15-25(16-14-23)39(37,38)32(19-18-31-17-5-8-27(31)28(33)34)30(29(35)36)20-26(30)24-6-3-2-4-7-24/h2-17,26H,18-20H2,1H3,(H,33,34)(H,35,36). The van der Waals surface area contributed by atoms with E-state index in [0.29, 0.717) is 0 Å². The Balaban J connectivity index is 1.53. The molecule has 200 valence electrons. The molecule has 3 aromatic carbocycles. The zero-order valence-electron chi connectivity index (χ0n) is 21.3. The van der Waals surface area contributed by atoms with Crippen molar-refractivity contribution in [1.82, 2.24) is 8.87 Å². The number of aryl methyl sites for hydroxylation is 1. The van der Waals surface area contributed by atoms with Crippen molar-refractivity contribution in [1.29, 1.82) is 0 Å². The zero-order chi connectivity index (χ0) is 27.8. The number of aliphatic carboxylic acids is 1. The van der Waals surface area contributed by atoms with Crippen LogP contribution < -0.4 is 0 Å². The Kier molecular flexibility index (Phi) is 6.88. The maximum absolute atomic E-state index is 14.1. The lowest BCUT2D eigenvalue weighted by atomic mass is 10.0. The van der Waals surface area contributed by atoms with Gasteiger partial charge in [0.15, 0.2) is 0 Å². The van der Waals surface area contributed by atoms with Gasteiger partial charge in [0.25, 0.3) is 0 Å². The summed E-state index contributed by atoms with van der Waals surface area (Å²) in [5.41, 5.74) is 1.92. The Morgan fingerprint density at radius 1 is 0.897 bits per heavy atom. The molecule has 2 N–H and O–H groups in total. The lowest BCUT2D eigenvalue weighted by Gasteiger charge is -2.30. The number of aromatic carboxylic acids is 1. The molecular weight excluding hydrogens is 516 g/mol. The second-order valence-electron chi connectivity index (χ2n) is 9.76.